The summed E-state index contributed by atoms with van der Waals surface area (Å²) < 4.78 is 13.3. The predicted octanol–water partition coefficient (Wildman–Crippen LogP) is 4.41. The standard InChI is InChI=1S/C17H19ClFN/c1-2-20-12-15(14-6-4-7-16(18)11-14)9-13-5-3-8-17(19)10-13/h3-8,10-11,15,20H,2,9,12H2,1H3. The van der Waals surface area contributed by atoms with Gasteiger partial charge in [-0.2, -0.15) is 0 Å². The average Bonchev–Trinajstić information content (AvgIpc) is 2.43. The lowest BCUT2D eigenvalue weighted by molar-refractivity contribution is 0.588. The monoisotopic (exact) mass is 291 g/mol. The largest absolute Gasteiger partial charge is 0.316 e. The van der Waals surface area contributed by atoms with Gasteiger partial charge in [0, 0.05) is 17.5 Å². The lowest BCUT2D eigenvalue weighted by Crippen LogP contribution is -2.22. The first kappa shape index (κ1) is 15.0. The molecule has 1 atom stereocenters. The zero-order chi connectivity index (χ0) is 14.4. The number of hydrogen-bond donors (Lipinski definition) is 1. The van der Waals surface area contributed by atoms with Gasteiger partial charge < -0.3 is 5.32 Å². The average molecular weight is 292 g/mol. The van der Waals surface area contributed by atoms with Gasteiger partial charge in [-0.05, 0) is 48.4 Å². The van der Waals surface area contributed by atoms with Crippen molar-refractivity contribution < 1.29 is 4.39 Å². The van der Waals surface area contributed by atoms with Gasteiger partial charge in [-0.25, -0.2) is 4.39 Å². The maximum absolute atomic E-state index is 13.3. The van der Waals surface area contributed by atoms with Gasteiger partial charge in [-0.3, -0.25) is 0 Å². The Morgan fingerprint density at radius 1 is 1.15 bits per heavy atom. The van der Waals surface area contributed by atoms with Crippen molar-refractivity contribution >= 4 is 11.6 Å². The van der Waals surface area contributed by atoms with Crippen molar-refractivity contribution in [3.8, 4) is 0 Å². The summed E-state index contributed by atoms with van der Waals surface area (Å²) in [5.41, 5.74) is 2.19. The normalized spacial score (nSPS) is 12.3. The lowest BCUT2D eigenvalue weighted by Gasteiger charge is -2.18. The highest BCUT2D eigenvalue weighted by atomic mass is 35.5. The number of nitrogens with one attached hydrogen (secondary N) is 1. The van der Waals surface area contributed by atoms with Crippen LogP contribution in [0.1, 0.15) is 24.0 Å². The van der Waals surface area contributed by atoms with Crippen LogP contribution in [0.15, 0.2) is 48.5 Å². The number of hydrogen-bond acceptors (Lipinski definition) is 1. The van der Waals surface area contributed by atoms with Crippen LogP contribution >= 0.6 is 11.6 Å². The van der Waals surface area contributed by atoms with Gasteiger partial charge in [0.05, 0.1) is 0 Å². The molecule has 0 aliphatic heterocycles. The van der Waals surface area contributed by atoms with Crippen molar-refractivity contribution in [3.05, 3.63) is 70.5 Å². The van der Waals surface area contributed by atoms with Crippen molar-refractivity contribution in [1.29, 1.82) is 0 Å². The molecule has 0 amide bonds. The van der Waals surface area contributed by atoms with Gasteiger partial charge in [0.25, 0.3) is 0 Å². The molecule has 2 aromatic carbocycles. The Morgan fingerprint density at radius 3 is 2.65 bits per heavy atom. The molecule has 0 radical (unpaired) electrons. The fourth-order valence-corrected chi connectivity index (χ4v) is 2.53. The number of halogens is 2. The molecule has 0 saturated heterocycles. The van der Waals surface area contributed by atoms with E-state index in [0.717, 1.165) is 30.1 Å². The van der Waals surface area contributed by atoms with E-state index < -0.39 is 0 Å². The zero-order valence-electron chi connectivity index (χ0n) is 11.6. The summed E-state index contributed by atoms with van der Waals surface area (Å²) >= 11 is 6.07. The molecule has 0 aromatic heterocycles. The predicted molar refractivity (Wildman–Crippen MR) is 82.8 cm³/mol. The minimum absolute atomic E-state index is 0.184. The first-order chi connectivity index (χ1) is 9.69. The van der Waals surface area contributed by atoms with Crippen molar-refractivity contribution in [1.82, 2.24) is 5.32 Å². The Kier molecular flexibility index (Phi) is 5.57. The van der Waals surface area contributed by atoms with E-state index in [9.17, 15) is 4.39 Å². The Morgan fingerprint density at radius 2 is 1.95 bits per heavy atom. The molecule has 0 spiro atoms. The van der Waals surface area contributed by atoms with E-state index in [1.54, 1.807) is 12.1 Å². The second kappa shape index (κ2) is 7.41. The molecule has 1 N–H and O–H groups in total. The Hall–Kier alpha value is -1.38. The second-order valence-electron chi connectivity index (χ2n) is 4.89. The lowest BCUT2D eigenvalue weighted by atomic mass is 9.92. The van der Waals surface area contributed by atoms with Crippen molar-refractivity contribution in [2.24, 2.45) is 0 Å². The van der Waals surface area contributed by atoms with Crippen LogP contribution in [0, 0.1) is 5.82 Å². The van der Waals surface area contributed by atoms with Crippen molar-refractivity contribution in [2.75, 3.05) is 13.1 Å². The van der Waals surface area contributed by atoms with Crippen LogP contribution in [-0.2, 0) is 6.42 Å². The van der Waals surface area contributed by atoms with Gasteiger partial charge >= 0.3 is 0 Å². The minimum atomic E-state index is -0.184. The second-order valence-corrected chi connectivity index (χ2v) is 5.33. The van der Waals surface area contributed by atoms with Crippen LogP contribution in [0.25, 0.3) is 0 Å². The van der Waals surface area contributed by atoms with Crippen LogP contribution in [0.5, 0.6) is 0 Å². The van der Waals surface area contributed by atoms with Crippen LogP contribution < -0.4 is 5.32 Å². The quantitative estimate of drug-likeness (QED) is 0.831. The van der Waals surface area contributed by atoms with E-state index in [1.807, 2.05) is 24.3 Å². The first-order valence-corrected chi connectivity index (χ1v) is 7.27. The maximum atomic E-state index is 13.3. The molecule has 1 nitrogen and oxygen atoms in total. The highest BCUT2D eigenvalue weighted by molar-refractivity contribution is 6.30. The molecule has 0 aliphatic rings. The first-order valence-electron chi connectivity index (χ1n) is 6.89. The van der Waals surface area contributed by atoms with Gasteiger partial charge in [0.2, 0.25) is 0 Å². The van der Waals surface area contributed by atoms with Gasteiger partial charge in [0.15, 0.2) is 0 Å². The Bertz CT molecular complexity index is 556. The molecule has 2 rings (SSSR count). The molecule has 0 heterocycles. The molecule has 0 fully saturated rings. The highest BCUT2D eigenvalue weighted by Gasteiger charge is 2.13. The van der Waals surface area contributed by atoms with Crippen molar-refractivity contribution in [3.63, 3.8) is 0 Å². The van der Waals surface area contributed by atoms with Gasteiger partial charge in [-0.1, -0.05) is 42.8 Å². The third-order valence-corrected chi connectivity index (χ3v) is 3.57. The maximum Gasteiger partial charge on any atom is 0.123 e. The number of benzene rings is 2. The molecule has 0 saturated carbocycles. The van der Waals surface area contributed by atoms with E-state index in [0.29, 0.717) is 0 Å². The van der Waals surface area contributed by atoms with E-state index in [2.05, 4.69) is 18.3 Å². The molecule has 2 aromatic rings. The van der Waals surface area contributed by atoms with Gasteiger partial charge in [-0.15, -0.1) is 0 Å². The zero-order valence-corrected chi connectivity index (χ0v) is 12.3. The van der Waals surface area contributed by atoms with E-state index in [-0.39, 0.29) is 11.7 Å². The Labute approximate surface area is 124 Å². The van der Waals surface area contributed by atoms with Crippen LogP contribution in [0.4, 0.5) is 4.39 Å². The molecular weight excluding hydrogens is 273 g/mol. The SMILES string of the molecule is CCNCC(Cc1cccc(F)c1)c1cccc(Cl)c1. The summed E-state index contributed by atoms with van der Waals surface area (Å²) in [6, 6.07) is 14.7. The van der Waals surface area contributed by atoms with Crippen LogP contribution in [0.2, 0.25) is 5.02 Å². The number of likely N-dealkylation sites (N-methyl/N-ethyl adjacent to an activating group) is 1. The number of rotatable bonds is 6. The molecule has 20 heavy (non-hydrogen) atoms. The molecule has 1 unspecified atom stereocenters. The van der Waals surface area contributed by atoms with Crippen molar-refractivity contribution in [2.45, 2.75) is 19.3 Å². The summed E-state index contributed by atoms with van der Waals surface area (Å²) in [5.74, 6) is 0.103. The van der Waals surface area contributed by atoms with Gasteiger partial charge in [0.1, 0.15) is 5.82 Å². The van der Waals surface area contributed by atoms with E-state index >= 15 is 0 Å². The smallest absolute Gasteiger partial charge is 0.123 e. The molecule has 106 valence electrons. The van der Waals surface area contributed by atoms with Crippen LogP contribution in [-0.4, -0.2) is 13.1 Å². The molecule has 0 bridgehead atoms. The van der Waals surface area contributed by atoms with Crippen LogP contribution in [0.3, 0.4) is 0 Å². The third-order valence-electron chi connectivity index (χ3n) is 3.33. The summed E-state index contributed by atoms with van der Waals surface area (Å²) in [4.78, 5) is 0. The fourth-order valence-electron chi connectivity index (χ4n) is 2.34. The Balaban J connectivity index is 2.19. The summed E-state index contributed by atoms with van der Waals surface area (Å²) in [7, 11) is 0. The van der Waals surface area contributed by atoms with E-state index in [1.165, 1.54) is 11.6 Å². The van der Waals surface area contributed by atoms with E-state index in [4.69, 9.17) is 11.6 Å². The third kappa shape index (κ3) is 4.32. The molecule has 3 heteroatoms. The summed E-state index contributed by atoms with van der Waals surface area (Å²) in [6.07, 6.45) is 0.797. The highest BCUT2D eigenvalue weighted by Crippen LogP contribution is 2.23. The fraction of sp³-hybridized carbons (Fsp3) is 0.294. The summed E-state index contributed by atoms with van der Waals surface area (Å²) in [6.45, 7) is 3.85. The topological polar surface area (TPSA) is 12.0 Å². The minimum Gasteiger partial charge on any atom is -0.316 e. The molecule has 0 aliphatic carbocycles. The molecular formula is C17H19ClFN. The summed E-state index contributed by atoms with van der Waals surface area (Å²) in [5, 5.41) is 4.10.